The summed E-state index contributed by atoms with van der Waals surface area (Å²) in [5, 5.41) is 9.53. The quantitative estimate of drug-likeness (QED) is 0.801. The largest absolute Gasteiger partial charge is 0.416 e. The summed E-state index contributed by atoms with van der Waals surface area (Å²) in [5.41, 5.74) is -0.276. The molecule has 0 aliphatic heterocycles. The molecule has 1 aliphatic carbocycles. The molecule has 1 aromatic rings. The topological polar surface area (TPSA) is 20.2 Å². The van der Waals surface area contributed by atoms with Gasteiger partial charge in [0, 0.05) is 0 Å². The standard InChI is InChI=1S/C13H15F3O/c1-12(6-5-11(17)8-12)9-3-2-4-10(7-9)13(14,15)16/h2-4,7,11,17H,5-6,8H2,1H3. The number of benzene rings is 1. The van der Waals surface area contributed by atoms with Crippen LogP contribution >= 0.6 is 0 Å². The summed E-state index contributed by atoms with van der Waals surface area (Å²) >= 11 is 0. The summed E-state index contributed by atoms with van der Waals surface area (Å²) in [7, 11) is 0. The number of aliphatic hydroxyl groups is 1. The van der Waals surface area contributed by atoms with Gasteiger partial charge in [-0.1, -0.05) is 25.1 Å². The fourth-order valence-electron chi connectivity index (χ4n) is 2.54. The van der Waals surface area contributed by atoms with E-state index in [0.717, 1.165) is 12.5 Å². The molecule has 1 N–H and O–H groups in total. The Morgan fingerprint density at radius 3 is 2.59 bits per heavy atom. The van der Waals surface area contributed by atoms with E-state index >= 15 is 0 Å². The molecule has 0 bridgehead atoms. The van der Waals surface area contributed by atoms with Gasteiger partial charge in [0.25, 0.3) is 0 Å². The van der Waals surface area contributed by atoms with Crippen LogP contribution in [0.5, 0.6) is 0 Å². The Kier molecular flexibility index (Phi) is 2.94. The van der Waals surface area contributed by atoms with Gasteiger partial charge in [-0.15, -0.1) is 0 Å². The summed E-state index contributed by atoms with van der Waals surface area (Å²) in [6, 6.07) is 5.44. The van der Waals surface area contributed by atoms with E-state index in [1.165, 1.54) is 12.1 Å². The first-order valence-electron chi connectivity index (χ1n) is 5.67. The zero-order valence-corrected chi connectivity index (χ0v) is 9.59. The van der Waals surface area contributed by atoms with Gasteiger partial charge < -0.3 is 5.11 Å². The van der Waals surface area contributed by atoms with Crippen LogP contribution in [0.25, 0.3) is 0 Å². The van der Waals surface area contributed by atoms with Gasteiger partial charge in [0.2, 0.25) is 0 Å². The number of aliphatic hydroxyl groups excluding tert-OH is 1. The molecule has 0 amide bonds. The first-order valence-corrected chi connectivity index (χ1v) is 5.67. The van der Waals surface area contributed by atoms with Gasteiger partial charge in [0.1, 0.15) is 0 Å². The highest BCUT2D eigenvalue weighted by atomic mass is 19.4. The van der Waals surface area contributed by atoms with Crippen molar-refractivity contribution in [2.24, 2.45) is 0 Å². The molecule has 0 spiro atoms. The predicted molar refractivity (Wildman–Crippen MR) is 58.7 cm³/mol. The van der Waals surface area contributed by atoms with Crippen molar-refractivity contribution in [3.8, 4) is 0 Å². The van der Waals surface area contributed by atoms with Crippen LogP contribution in [0.1, 0.15) is 37.3 Å². The highest BCUT2D eigenvalue weighted by Gasteiger charge is 2.37. The highest BCUT2D eigenvalue weighted by molar-refractivity contribution is 5.32. The van der Waals surface area contributed by atoms with Crippen LogP contribution in [0.4, 0.5) is 13.2 Å². The van der Waals surface area contributed by atoms with Gasteiger partial charge in [-0.3, -0.25) is 0 Å². The maximum Gasteiger partial charge on any atom is 0.416 e. The van der Waals surface area contributed by atoms with Crippen LogP contribution in [0.2, 0.25) is 0 Å². The van der Waals surface area contributed by atoms with Crippen molar-refractivity contribution in [3.63, 3.8) is 0 Å². The number of hydrogen-bond donors (Lipinski definition) is 1. The van der Waals surface area contributed by atoms with Crippen LogP contribution in [0.15, 0.2) is 24.3 Å². The third kappa shape index (κ3) is 2.46. The summed E-state index contributed by atoms with van der Waals surface area (Å²) in [5.74, 6) is 0. The molecule has 4 heteroatoms. The second-order valence-electron chi connectivity index (χ2n) is 5.04. The lowest BCUT2D eigenvalue weighted by molar-refractivity contribution is -0.137. The molecule has 2 atom stereocenters. The third-order valence-electron chi connectivity index (χ3n) is 3.60. The minimum atomic E-state index is -4.30. The zero-order valence-electron chi connectivity index (χ0n) is 9.59. The lowest BCUT2D eigenvalue weighted by Gasteiger charge is -2.25. The van der Waals surface area contributed by atoms with Crippen molar-refractivity contribution in [2.45, 2.75) is 43.9 Å². The first-order chi connectivity index (χ1) is 7.81. The summed E-state index contributed by atoms with van der Waals surface area (Å²) in [6.45, 7) is 1.92. The Hall–Kier alpha value is -1.03. The maximum atomic E-state index is 12.6. The van der Waals surface area contributed by atoms with Gasteiger partial charge in [-0.05, 0) is 36.3 Å². The average molecular weight is 244 g/mol. The van der Waals surface area contributed by atoms with Gasteiger partial charge in [0.15, 0.2) is 0 Å². The summed E-state index contributed by atoms with van der Waals surface area (Å²) in [4.78, 5) is 0. The molecule has 2 unspecified atom stereocenters. The first kappa shape index (κ1) is 12.4. The van der Waals surface area contributed by atoms with E-state index < -0.39 is 17.8 Å². The Labute approximate surface area is 98.3 Å². The van der Waals surface area contributed by atoms with Crippen molar-refractivity contribution in [1.82, 2.24) is 0 Å². The average Bonchev–Trinajstić information content (AvgIpc) is 2.59. The van der Waals surface area contributed by atoms with Gasteiger partial charge in [-0.25, -0.2) is 0 Å². The van der Waals surface area contributed by atoms with Crippen LogP contribution in [0, 0.1) is 0 Å². The molecule has 1 aromatic carbocycles. The van der Waals surface area contributed by atoms with Crippen LogP contribution in [0.3, 0.4) is 0 Å². The summed E-state index contributed by atoms with van der Waals surface area (Å²) in [6.07, 6.45) is -2.77. The van der Waals surface area contributed by atoms with Crippen molar-refractivity contribution in [3.05, 3.63) is 35.4 Å². The molecule has 1 aliphatic rings. The normalized spacial score (nSPS) is 29.6. The molecular formula is C13H15F3O. The molecule has 2 rings (SSSR count). The van der Waals surface area contributed by atoms with Gasteiger partial charge in [0.05, 0.1) is 11.7 Å². The lowest BCUT2D eigenvalue weighted by atomic mass is 9.80. The Balaban J connectivity index is 2.34. The van der Waals surface area contributed by atoms with E-state index in [2.05, 4.69) is 0 Å². The molecule has 17 heavy (non-hydrogen) atoms. The lowest BCUT2D eigenvalue weighted by Crippen LogP contribution is -2.19. The fourth-order valence-corrected chi connectivity index (χ4v) is 2.54. The molecule has 0 aromatic heterocycles. The zero-order chi connectivity index (χ0) is 12.7. The minimum Gasteiger partial charge on any atom is -0.393 e. The van der Waals surface area contributed by atoms with E-state index in [1.54, 1.807) is 6.07 Å². The summed E-state index contributed by atoms with van der Waals surface area (Å²) < 4.78 is 37.8. The molecule has 1 nitrogen and oxygen atoms in total. The van der Waals surface area contributed by atoms with Crippen molar-refractivity contribution in [1.29, 1.82) is 0 Å². The number of alkyl halides is 3. The van der Waals surface area contributed by atoms with E-state index in [0.29, 0.717) is 18.4 Å². The molecule has 94 valence electrons. The molecular weight excluding hydrogens is 229 g/mol. The van der Waals surface area contributed by atoms with Gasteiger partial charge in [-0.2, -0.15) is 13.2 Å². The van der Waals surface area contributed by atoms with Crippen LogP contribution < -0.4 is 0 Å². The molecule has 0 heterocycles. The van der Waals surface area contributed by atoms with E-state index in [1.807, 2.05) is 6.92 Å². The predicted octanol–water partition coefficient (Wildman–Crippen LogP) is 3.51. The number of hydrogen-bond acceptors (Lipinski definition) is 1. The monoisotopic (exact) mass is 244 g/mol. The minimum absolute atomic E-state index is 0.333. The smallest absolute Gasteiger partial charge is 0.393 e. The maximum absolute atomic E-state index is 12.6. The second kappa shape index (κ2) is 4.02. The Bertz CT molecular complexity index is 413. The molecule has 0 saturated heterocycles. The van der Waals surface area contributed by atoms with Gasteiger partial charge >= 0.3 is 6.18 Å². The molecule has 0 radical (unpaired) electrons. The number of rotatable bonds is 1. The Morgan fingerprint density at radius 2 is 2.06 bits per heavy atom. The van der Waals surface area contributed by atoms with E-state index in [9.17, 15) is 18.3 Å². The van der Waals surface area contributed by atoms with Crippen molar-refractivity contribution < 1.29 is 18.3 Å². The van der Waals surface area contributed by atoms with Crippen molar-refractivity contribution >= 4 is 0 Å². The van der Waals surface area contributed by atoms with Crippen molar-refractivity contribution in [2.75, 3.05) is 0 Å². The second-order valence-corrected chi connectivity index (χ2v) is 5.04. The van der Waals surface area contributed by atoms with Crippen LogP contribution in [-0.4, -0.2) is 11.2 Å². The van der Waals surface area contributed by atoms with Crippen LogP contribution in [-0.2, 0) is 11.6 Å². The third-order valence-corrected chi connectivity index (χ3v) is 3.60. The number of halogens is 3. The SMILES string of the molecule is CC1(c2cccc(C(F)(F)F)c2)CCC(O)C1. The molecule has 1 fully saturated rings. The van der Waals surface area contributed by atoms with E-state index in [4.69, 9.17) is 0 Å². The fraction of sp³-hybridized carbons (Fsp3) is 0.538. The van der Waals surface area contributed by atoms with E-state index in [-0.39, 0.29) is 5.41 Å². The molecule has 1 saturated carbocycles. The highest BCUT2D eigenvalue weighted by Crippen LogP contribution is 2.42. The Morgan fingerprint density at radius 1 is 1.35 bits per heavy atom.